The Labute approximate surface area is 170 Å². The molecule has 2 amide bonds. The first-order chi connectivity index (χ1) is 14.1. The van der Waals surface area contributed by atoms with Gasteiger partial charge in [0, 0.05) is 45.3 Å². The summed E-state index contributed by atoms with van der Waals surface area (Å²) in [4.78, 5) is 29.7. The smallest absolute Gasteiger partial charge is 0.410 e. The molecule has 2 fully saturated rings. The molecule has 2 aliphatic heterocycles. The van der Waals surface area contributed by atoms with Crippen molar-refractivity contribution in [3.05, 3.63) is 71.8 Å². The number of fused-ring (bicyclic) bond motifs is 1. The van der Waals surface area contributed by atoms with Gasteiger partial charge < -0.3 is 19.6 Å². The Bertz CT molecular complexity index is 806. The zero-order valence-electron chi connectivity index (χ0n) is 16.2. The predicted molar refractivity (Wildman–Crippen MR) is 108 cm³/mol. The van der Waals surface area contributed by atoms with Gasteiger partial charge in [-0.25, -0.2) is 9.59 Å². The molecular weight excluding hydrogens is 370 g/mol. The SMILES string of the molecule is O=C(O)N1CCN2CCN(C(=O)OC(c3ccccc3)c3ccccc3)CC2C1. The number of rotatable bonds is 3. The molecule has 0 aromatic heterocycles. The highest BCUT2D eigenvalue weighted by atomic mass is 16.6. The summed E-state index contributed by atoms with van der Waals surface area (Å²) in [6.45, 7) is 3.42. The maximum Gasteiger partial charge on any atom is 0.410 e. The van der Waals surface area contributed by atoms with Gasteiger partial charge in [-0.2, -0.15) is 0 Å². The van der Waals surface area contributed by atoms with E-state index in [9.17, 15) is 14.7 Å². The molecule has 2 aromatic carbocycles. The molecule has 4 rings (SSSR count). The van der Waals surface area contributed by atoms with Crippen molar-refractivity contribution in [3.63, 3.8) is 0 Å². The largest absolute Gasteiger partial charge is 0.465 e. The van der Waals surface area contributed by atoms with Crippen LogP contribution in [0.1, 0.15) is 17.2 Å². The Hall–Kier alpha value is -3.06. The third kappa shape index (κ3) is 4.35. The van der Waals surface area contributed by atoms with Crippen LogP contribution in [0.3, 0.4) is 0 Å². The summed E-state index contributed by atoms with van der Waals surface area (Å²) < 4.78 is 5.95. The quantitative estimate of drug-likeness (QED) is 0.865. The molecule has 0 aliphatic carbocycles. The van der Waals surface area contributed by atoms with Gasteiger partial charge in [0.05, 0.1) is 0 Å². The third-order valence-electron chi connectivity index (χ3n) is 5.64. The summed E-state index contributed by atoms with van der Waals surface area (Å²) in [6, 6.07) is 19.4. The Morgan fingerprint density at radius 2 is 1.34 bits per heavy atom. The Morgan fingerprint density at radius 1 is 0.828 bits per heavy atom. The average Bonchev–Trinajstić information content (AvgIpc) is 2.77. The summed E-state index contributed by atoms with van der Waals surface area (Å²) >= 11 is 0. The van der Waals surface area contributed by atoms with Crippen LogP contribution >= 0.6 is 0 Å². The number of carbonyl (C=O) groups is 2. The molecule has 0 bridgehead atoms. The lowest BCUT2D eigenvalue weighted by atomic mass is 10.0. The van der Waals surface area contributed by atoms with E-state index in [1.165, 1.54) is 4.90 Å². The molecule has 7 heteroatoms. The van der Waals surface area contributed by atoms with Crippen LogP contribution in [0.25, 0.3) is 0 Å². The molecular formula is C22H25N3O4. The van der Waals surface area contributed by atoms with E-state index in [0.717, 1.165) is 17.7 Å². The van der Waals surface area contributed by atoms with Crippen LogP contribution in [0.5, 0.6) is 0 Å². The van der Waals surface area contributed by atoms with Crippen molar-refractivity contribution in [1.82, 2.24) is 14.7 Å². The standard InChI is InChI=1S/C22H25N3O4/c26-21(27)24-13-11-23-12-14-25(16-19(23)15-24)22(28)29-20(17-7-3-1-4-8-17)18-9-5-2-6-10-18/h1-10,19-20H,11-16H2,(H,26,27). The zero-order chi connectivity index (χ0) is 20.2. The lowest BCUT2D eigenvalue weighted by Gasteiger charge is -2.46. The molecule has 152 valence electrons. The summed E-state index contributed by atoms with van der Waals surface area (Å²) in [5.41, 5.74) is 1.83. The molecule has 0 spiro atoms. The molecule has 2 aliphatic rings. The van der Waals surface area contributed by atoms with Crippen molar-refractivity contribution < 1.29 is 19.4 Å². The first-order valence-corrected chi connectivity index (χ1v) is 9.89. The highest BCUT2D eigenvalue weighted by molar-refractivity contribution is 5.69. The monoisotopic (exact) mass is 395 g/mol. The molecule has 7 nitrogen and oxygen atoms in total. The van der Waals surface area contributed by atoms with E-state index in [0.29, 0.717) is 32.7 Å². The summed E-state index contributed by atoms with van der Waals surface area (Å²) in [7, 11) is 0. The highest BCUT2D eigenvalue weighted by Crippen LogP contribution is 2.27. The summed E-state index contributed by atoms with van der Waals surface area (Å²) in [6.07, 6.45) is -1.75. The van der Waals surface area contributed by atoms with Crippen LogP contribution in [-0.2, 0) is 4.74 Å². The summed E-state index contributed by atoms with van der Waals surface area (Å²) in [5, 5.41) is 9.28. The van der Waals surface area contributed by atoms with Gasteiger partial charge in [-0.3, -0.25) is 4.90 Å². The van der Waals surface area contributed by atoms with Gasteiger partial charge in [0.1, 0.15) is 0 Å². The first kappa shape index (κ1) is 19.3. The fraction of sp³-hybridized carbons (Fsp3) is 0.364. The van der Waals surface area contributed by atoms with E-state index >= 15 is 0 Å². The van der Waals surface area contributed by atoms with Gasteiger partial charge in [0.25, 0.3) is 0 Å². The number of benzene rings is 2. The van der Waals surface area contributed by atoms with Crippen LogP contribution in [0.2, 0.25) is 0 Å². The minimum atomic E-state index is -0.905. The normalized spacial score (nSPS) is 19.7. The number of hydrogen-bond acceptors (Lipinski definition) is 4. The van der Waals surface area contributed by atoms with Gasteiger partial charge in [0.15, 0.2) is 6.10 Å². The highest BCUT2D eigenvalue weighted by Gasteiger charge is 2.36. The van der Waals surface area contributed by atoms with Gasteiger partial charge in [0.2, 0.25) is 0 Å². The summed E-state index contributed by atoms with van der Waals surface area (Å²) in [5.74, 6) is 0. The third-order valence-corrected chi connectivity index (χ3v) is 5.64. The zero-order valence-corrected chi connectivity index (χ0v) is 16.2. The number of nitrogens with zero attached hydrogens (tertiary/aromatic N) is 3. The molecule has 29 heavy (non-hydrogen) atoms. The molecule has 1 unspecified atom stereocenters. The van der Waals surface area contributed by atoms with Gasteiger partial charge in [-0.05, 0) is 11.1 Å². The van der Waals surface area contributed by atoms with E-state index in [1.54, 1.807) is 4.90 Å². The van der Waals surface area contributed by atoms with Crippen LogP contribution < -0.4 is 0 Å². The Morgan fingerprint density at radius 3 is 1.90 bits per heavy atom. The second-order valence-electron chi connectivity index (χ2n) is 7.45. The molecule has 2 heterocycles. The van der Waals surface area contributed by atoms with Crippen molar-refractivity contribution in [3.8, 4) is 0 Å². The van der Waals surface area contributed by atoms with E-state index in [1.807, 2.05) is 60.7 Å². The molecule has 1 N–H and O–H groups in total. The minimum absolute atomic E-state index is 0.00745. The van der Waals surface area contributed by atoms with Gasteiger partial charge >= 0.3 is 12.2 Å². The maximum atomic E-state index is 13.0. The second-order valence-corrected chi connectivity index (χ2v) is 7.45. The van der Waals surface area contributed by atoms with Crippen LogP contribution in [0.4, 0.5) is 9.59 Å². The minimum Gasteiger partial charge on any atom is -0.465 e. The van der Waals surface area contributed by atoms with Crippen LogP contribution in [-0.4, -0.2) is 77.3 Å². The van der Waals surface area contributed by atoms with Crippen LogP contribution in [0, 0.1) is 0 Å². The first-order valence-electron chi connectivity index (χ1n) is 9.89. The van der Waals surface area contributed by atoms with Crippen molar-refractivity contribution in [2.45, 2.75) is 12.1 Å². The van der Waals surface area contributed by atoms with Gasteiger partial charge in [-0.1, -0.05) is 60.7 Å². The average molecular weight is 395 g/mol. The number of ether oxygens (including phenoxy) is 1. The molecule has 2 saturated heterocycles. The van der Waals surface area contributed by atoms with Crippen molar-refractivity contribution >= 4 is 12.2 Å². The Balaban J connectivity index is 1.47. The molecule has 2 aromatic rings. The lowest BCUT2D eigenvalue weighted by molar-refractivity contribution is 0.00594. The van der Waals surface area contributed by atoms with Crippen molar-refractivity contribution in [1.29, 1.82) is 0 Å². The number of amides is 2. The fourth-order valence-corrected chi connectivity index (χ4v) is 4.05. The maximum absolute atomic E-state index is 13.0. The van der Waals surface area contributed by atoms with E-state index < -0.39 is 12.2 Å². The lowest BCUT2D eigenvalue weighted by Crippen LogP contribution is -2.63. The number of hydrogen-bond donors (Lipinski definition) is 1. The molecule has 0 saturated carbocycles. The molecule has 1 atom stereocenters. The molecule has 0 radical (unpaired) electrons. The fourth-order valence-electron chi connectivity index (χ4n) is 4.05. The van der Waals surface area contributed by atoms with E-state index in [4.69, 9.17) is 4.74 Å². The number of carbonyl (C=O) groups excluding carboxylic acids is 1. The van der Waals surface area contributed by atoms with Crippen LogP contribution in [0.15, 0.2) is 60.7 Å². The predicted octanol–water partition coefficient (Wildman–Crippen LogP) is 2.89. The second kappa shape index (κ2) is 8.53. The number of piperazine rings is 2. The van der Waals surface area contributed by atoms with Crippen molar-refractivity contribution in [2.24, 2.45) is 0 Å². The topological polar surface area (TPSA) is 73.3 Å². The van der Waals surface area contributed by atoms with Gasteiger partial charge in [-0.15, -0.1) is 0 Å². The Kier molecular flexibility index (Phi) is 5.67. The number of carboxylic acid groups (broad SMARTS) is 1. The van der Waals surface area contributed by atoms with E-state index in [2.05, 4.69) is 4.90 Å². The van der Waals surface area contributed by atoms with E-state index in [-0.39, 0.29) is 12.1 Å². The van der Waals surface area contributed by atoms with Crippen molar-refractivity contribution in [2.75, 3.05) is 39.3 Å².